The molecule has 11 nitrogen and oxygen atoms in total. The van der Waals surface area contributed by atoms with Gasteiger partial charge in [0.1, 0.15) is 24.6 Å². The fourth-order valence-corrected chi connectivity index (χ4v) is 7.30. The molecule has 5 atom stereocenters. The number of esters is 1. The number of nitrogens with zero attached hydrogens (tertiary/aromatic N) is 3. The highest BCUT2D eigenvalue weighted by atomic mass is 19.1. The number of carbonyl (C=O) groups is 2. The molecular formula is C30H31FN4O7. The second kappa shape index (κ2) is 9.14. The number of rotatable bonds is 3. The number of aromatic nitrogens is 2. The molecule has 5 heterocycles. The zero-order valence-corrected chi connectivity index (χ0v) is 23.4. The van der Waals surface area contributed by atoms with Crippen LogP contribution in [0.1, 0.15) is 59.2 Å². The van der Waals surface area contributed by atoms with Crippen molar-refractivity contribution < 1.29 is 34.0 Å². The van der Waals surface area contributed by atoms with Crippen molar-refractivity contribution in [1.29, 1.82) is 0 Å². The molecule has 3 aromatic rings. The minimum Gasteiger partial charge on any atom is -0.458 e. The average Bonchev–Trinajstić information content (AvgIpc) is 3.45. The summed E-state index contributed by atoms with van der Waals surface area (Å²) in [5.74, 6) is -1.68. The van der Waals surface area contributed by atoms with E-state index in [-0.39, 0.29) is 37.2 Å². The van der Waals surface area contributed by atoms with Crippen molar-refractivity contribution in [3.05, 3.63) is 61.7 Å². The van der Waals surface area contributed by atoms with Gasteiger partial charge in [0.25, 0.3) is 5.56 Å². The zero-order valence-electron chi connectivity index (χ0n) is 23.4. The predicted octanol–water partition coefficient (Wildman–Crippen LogP) is 0.666. The predicted molar refractivity (Wildman–Crippen MR) is 147 cm³/mol. The first-order valence-electron chi connectivity index (χ1n) is 14.1. The lowest BCUT2D eigenvalue weighted by Gasteiger charge is -2.31. The summed E-state index contributed by atoms with van der Waals surface area (Å²) in [5, 5.41) is 35.6. The van der Waals surface area contributed by atoms with Gasteiger partial charge in [-0.3, -0.25) is 14.5 Å². The number of ether oxygens (including phenoxy) is 1. The van der Waals surface area contributed by atoms with Gasteiger partial charge in [-0.15, -0.1) is 0 Å². The molecule has 42 heavy (non-hydrogen) atoms. The Hall–Kier alpha value is -3.71. The quantitative estimate of drug-likeness (QED) is 0.257. The van der Waals surface area contributed by atoms with Gasteiger partial charge in [-0.2, -0.15) is 0 Å². The molecule has 3 aliphatic heterocycles. The van der Waals surface area contributed by atoms with Crippen molar-refractivity contribution >= 4 is 22.8 Å². The molecule has 2 aromatic heterocycles. The van der Waals surface area contributed by atoms with Gasteiger partial charge < -0.3 is 29.9 Å². The molecule has 4 aliphatic rings. The number of nitrogens with one attached hydrogen (secondary N) is 1. The van der Waals surface area contributed by atoms with Crippen LogP contribution in [0.4, 0.5) is 4.39 Å². The van der Waals surface area contributed by atoms with E-state index in [4.69, 9.17) is 9.72 Å². The number of pyridine rings is 2. The number of likely N-dealkylation sites (N-methyl/N-ethyl adjacent to an activating group) is 1. The summed E-state index contributed by atoms with van der Waals surface area (Å²) < 4.78 is 21.8. The van der Waals surface area contributed by atoms with Gasteiger partial charge in [0.2, 0.25) is 5.91 Å². The molecule has 7 rings (SSSR count). The summed E-state index contributed by atoms with van der Waals surface area (Å²) in [7, 11) is 1.66. The third-order valence-corrected chi connectivity index (χ3v) is 9.63. The van der Waals surface area contributed by atoms with Gasteiger partial charge >= 0.3 is 5.97 Å². The van der Waals surface area contributed by atoms with Crippen LogP contribution < -0.4 is 10.9 Å². The van der Waals surface area contributed by atoms with Crippen LogP contribution in [0.15, 0.2) is 16.9 Å². The summed E-state index contributed by atoms with van der Waals surface area (Å²) in [4.78, 5) is 46.2. The van der Waals surface area contributed by atoms with Crippen LogP contribution in [-0.2, 0) is 39.5 Å². The highest BCUT2D eigenvalue weighted by Gasteiger charge is 2.47. The van der Waals surface area contributed by atoms with E-state index in [1.54, 1.807) is 31.9 Å². The van der Waals surface area contributed by atoms with Crippen molar-refractivity contribution in [1.82, 2.24) is 19.8 Å². The monoisotopic (exact) mass is 578 g/mol. The minimum absolute atomic E-state index is 0.00307. The lowest BCUT2D eigenvalue weighted by atomic mass is 9.81. The summed E-state index contributed by atoms with van der Waals surface area (Å²) >= 11 is 0. The maximum Gasteiger partial charge on any atom is 0.343 e. The molecule has 1 fully saturated rings. The molecule has 1 amide bonds. The number of likely N-dealkylation sites (tertiary alicyclic amines) is 1. The normalized spacial score (nSPS) is 27.9. The largest absolute Gasteiger partial charge is 0.458 e. The van der Waals surface area contributed by atoms with Crippen molar-refractivity contribution in [2.45, 2.75) is 76.2 Å². The number of carbonyl (C=O) groups excluding carboxylic acids is 2. The van der Waals surface area contributed by atoms with Crippen molar-refractivity contribution in [3.8, 4) is 11.4 Å². The third-order valence-electron chi connectivity index (χ3n) is 9.63. The Kier molecular flexibility index (Phi) is 5.91. The van der Waals surface area contributed by atoms with E-state index in [1.807, 2.05) is 0 Å². The van der Waals surface area contributed by atoms with E-state index >= 15 is 4.39 Å². The number of aliphatic hydroxyl groups is 3. The SMILES string of the molecule is CC[C@@]1(O)C(=O)OCc2c1cc1n(c2=O)Cc2c-1nc1cc(F)c(C)c3c1c2[C@@H](NC(=O)C1C(O)C(O)CN1C)CC3. The molecule has 1 aromatic carbocycles. The number of halogens is 1. The molecule has 4 N–H and O–H groups in total. The van der Waals surface area contributed by atoms with Crippen LogP contribution in [0.5, 0.6) is 0 Å². The van der Waals surface area contributed by atoms with Gasteiger partial charge in [0.05, 0.1) is 41.2 Å². The third kappa shape index (κ3) is 3.52. The Labute approximate surface area is 239 Å². The van der Waals surface area contributed by atoms with Gasteiger partial charge in [0, 0.05) is 29.1 Å². The Morgan fingerprint density at radius 2 is 2.00 bits per heavy atom. The highest BCUT2D eigenvalue weighted by Crippen LogP contribution is 2.46. The Balaban J connectivity index is 1.42. The van der Waals surface area contributed by atoms with Gasteiger partial charge in [-0.05, 0) is 56.0 Å². The maximum absolute atomic E-state index is 15.1. The second-order valence-electron chi connectivity index (χ2n) is 11.9. The van der Waals surface area contributed by atoms with E-state index in [0.29, 0.717) is 40.9 Å². The zero-order chi connectivity index (χ0) is 29.8. The van der Waals surface area contributed by atoms with Crippen LogP contribution >= 0.6 is 0 Å². The van der Waals surface area contributed by atoms with Crippen molar-refractivity contribution in [2.24, 2.45) is 0 Å². The van der Waals surface area contributed by atoms with Crippen LogP contribution in [-0.4, -0.2) is 73.5 Å². The Bertz CT molecular complexity index is 1790. The molecule has 0 radical (unpaired) electrons. The molecule has 0 saturated carbocycles. The smallest absolute Gasteiger partial charge is 0.343 e. The molecule has 1 saturated heterocycles. The first kappa shape index (κ1) is 27.1. The number of β-amino-alcohol motifs (C(OH)–C–C–N with tert-alkyl or cyclic N) is 1. The van der Waals surface area contributed by atoms with Crippen LogP contribution in [0.2, 0.25) is 0 Å². The number of aryl methyl sites for hydroxylation is 1. The standard InChI is InChI=1S/C30H31FN4O7/c1-4-30(41)16-7-20-24-14(9-35(20)28(39)15(16)11-42-29(30)40)23-18(33-27(38)25-26(37)21(36)10-34(25)3)6-5-13-12(2)17(31)8-19(32-24)22(13)23/h7-8,18,21,25-26,36-37,41H,4-6,9-11H2,1-3H3,(H,33,38)/t18-,21?,25?,26?,30-/m0/s1. The topological polar surface area (TPSA) is 154 Å². The van der Waals surface area contributed by atoms with Crippen molar-refractivity contribution in [3.63, 3.8) is 0 Å². The number of aliphatic hydroxyl groups excluding tert-OH is 2. The highest BCUT2D eigenvalue weighted by molar-refractivity contribution is 5.94. The lowest BCUT2D eigenvalue weighted by Crippen LogP contribution is -2.48. The number of benzene rings is 1. The van der Waals surface area contributed by atoms with Gasteiger partial charge in [-0.1, -0.05) is 6.92 Å². The molecule has 220 valence electrons. The molecule has 12 heteroatoms. The van der Waals surface area contributed by atoms with Crippen LogP contribution in [0.3, 0.4) is 0 Å². The first-order chi connectivity index (χ1) is 20.0. The second-order valence-corrected chi connectivity index (χ2v) is 11.9. The van der Waals surface area contributed by atoms with E-state index < -0.39 is 53.1 Å². The molecule has 0 bridgehead atoms. The average molecular weight is 579 g/mol. The number of hydrogen-bond acceptors (Lipinski definition) is 9. The van der Waals surface area contributed by atoms with E-state index in [0.717, 1.165) is 16.5 Å². The van der Waals surface area contributed by atoms with Crippen molar-refractivity contribution in [2.75, 3.05) is 13.6 Å². The summed E-state index contributed by atoms with van der Waals surface area (Å²) in [6.45, 7) is 3.36. The summed E-state index contributed by atoms with van der Waals surface area (Å²) in [5.41, 5.74) is 1.84. The molecule has 1 aliphatic carbocycles. The fourth-order valence-electron chi connectivity index (χ4n) is 7.30. The van der Waals surface area contributed by atoms with E-state index in [9.17, 15) is 29.7 Å². The van der Waals surface area contributed by atoms with E-state index in [1.165, 1.54) is 10.6 Å². The summed E-state index contributed by atoms with van der Waals surface area (Å²) in [6, 6.07) is 1.47. The van der Waals surface area contributed by atoms with Crippen LogP contribution in [0, 0.1) is 12.7 Å². The summed E-state index contributed by atoms with van der Waals surface area (Å²) in [6.07, 6.45) is -1.37. The maximum atomic E-state index is 15.1. The Morgan fingerprint density at radius 3 is 2.69 bits per heavy atom. The molecule has 0 spiro atoms. The molecule has 3 unspecified atom stereocenters. The number of cyclic esters (lactones) is 1. The number of fused-ring (bicyclic) bond motifs is 5. The lowest BCUT2D eigenvalue weighted by molar-refractivity contribution is -0.172. The van der Waals surface area contributed by atoms with E-state index in [2.05, 4.69) is 5.32 Å². The van der Waals surface area contributed by atoms with Gasteiger partial charge in [-0.25, -0.2) is 14.2 Å². The Morgan fingerprint density at radius 1 is 1.24 bits per heavy atom. The number of amides is 1. The molecular weight excluding hydrogens is 547 g/mol. The minimum atomic E-state index is -1.98. The van der Waals surface area contributed by atoms with Crippen LogP contribution in [0.25, 0.3) is 22.3 Å². The fraction of sp³-hybridized carbons (Fsp3) is 0.467. The van der Waals surface area contributed by atoms with Gasteiger partial charge in [0.15, 0.2) is 5.60 Å². The number of hydrogen-bond donors (Lipinski definition) is 4. The first-order valence-corrected chi connectivity index (χ1v) is 14.1.